The molecule has 2 nitrogen and oxygen atoms in total. The minimum absolute atomic E-state index is 0.304. The van der Waals surface area contributed by atoms with Crippen LogP contribution in [0.3, 0.4) is 0 Å². The fraction of sp³-hybridized carbons (Fsp3) is 0.167. The van der Waals surface area contributed by atoms with Gasteiger partial charge in [-0.05, 0) is 47.4 Å². The normalized spacial score (nSPS) is 13.9. The molecule has 3 aromatic rings. The van der Waals surface area contributed by atoms with Gasteiger partial charge in [0.1, 0.15) is 5.54 Å². The maximum atomic E-state index is 13.8. The Morgan fingerprint density at radius 3 is 2.36 bits per heavy atom. The quantitative estimate of drug-likeness (QED) is 0.278. The Hall–Kier alpha value is -3.57. The van der Waals surface area contributed by atoms with Gasteiger partial charge in [0, 0.05) is 18.3 Å². The van der Waals surface area contributed by atoms with Crippen molar-refractivity contribution in [2.75, 3.05) is 0 Å². The molecule has 0 radical (unpaired) electrons. The second-order valence-corrected chi connectivity index (χ2v) is 8.71. The molecule has 0 saturated heterocycles. The van der Waals surface area contributed by atoms with Gasteiger partial charge in [0.15, 0.2) is 0 Å². The van der Waals surface area contributed by atoms with Gasteiger partial charge in [-0.1, -0.05) is 98.5 Å². The molecular formula is C30H28ClF3N2. The van der Waals surface area contributed by atoms with E-state index in [9.17, 15) is 13.2 Å². The van der Waals surface area contributed by atoms with E-state index in [2.05, 4.69) is 23.5 Å². The molecule has 0 saturated carbocycles. The largest absolute Gasteiger partial charge is 0.416 e. The third-order valence-electron chi connectivity index (χ3n) is 5.74. The highest BCUT2D eigenvalue weighted by Gasteiger charge is 2.39. The van der Waals surface area contributed by atoms with E-state index < -0.39 is 17.3 Å². The molecule has 0 amide bonds. The van der Waals surface area contributed by atoms with Crippen LogP contribution in [0.1, 0.15) is 35.7 Å². The van der Waals surface area contributed by atoms with Crippen LogP contribution in [0.5, 0.6) is 0 Å². The van der Waals surface area contributed by atoms with Gasteiger partial charge < -0.3 is 5.32 Å². The Balaban J connectivity index is 2.27. The SMILES string of the molecule is C=C/C(=C\C=C/CC)C(=C)NC(Cc1ccccc1)(c1cccc(C(F)(F)F)c1)c1ccc(Cl)cn1. The van der Waals surface area contributed by atoms with E-state index in [0.717, 1.165) is 24.1 Å². The summed E-state index contributed by atoms with van der Waals surface area (Å²) in [6, 6.07) is 18.2. The van der Waals surface area contributed by atoms with Crippen LogP contribution < -0.4 is 5.32 Å². The van der Waals surface area contributed by atoms with Crippen molar-refractivity contribution in [3.63, 3.8) is 0 Å². The summed E-state index contributed by atoms with van der Waals surface area (Å²) in [6.07, 6.45) is 5.55. The van der Waals surface area contributed by atoms with E-state index in [0.29, 0.717) is 34.0 Å². The van der Waals surface area contributed by atoms with E-state index in [1.54, 1.807) is 24.3 Å². The molecule has 0 spiro atoms. The maximum Gasteiger partial charge on any atom is 0.416 e. The minimum atomic E-state index is -4.50. The Bertz CT molecular complexity index is 1250. The summed E-state index contributed by atoms with van der Waals surface area (Å²) in [5.41, 5.74) is 1.06. The van der Waals surface area contributed by atoms with Crippen molar-refractivity contribution in [1.82, 2.24) is 10.3 Å². The van der Waals surface area contributed by atoms with Gasteiger partial charge in [0.25, 0.3) is 0 Å². The monoisotopic (exact) mass is 508 g/mol. The van der Waals surface area contributed by atoms with E-state index >= 15 is 0 Å². The number of hydrogen-bond donors (Lipinski definition) is 1. The molecule has 1 unspecified atom stereocenters. The number of aromatic nitrogens is 1. The van der Waals surface area contributed by atoms with Gasteiger partial charge >= 0.3 is 6.18 Å². The van der Waals surface area contributed by atoms with Crippen molar-refractivity contribution >= 4 is 11.6 Å². The predicted molar refractivity (Wildman–Crippen MR) is 142 cm³/mol. The zero-order valence-electron chi connectivity index (χ0n) is 20.0. The third-order valence-corrected chi connectivity index (χ3v) is 5.96. The van der Waals surface area contributed by atoms with Crippen LogP contribution in [0.2, 0.25) is 5.02 Å². The van der Waals surface area contributed by atoms with Gasteiger partial charge in [0.2, 0.25) is 0 Å². The molecule has 1 N–H and O–H groups in total. The van der Waals surface area contributed by atoms with Gasteiger partial charge in [-0.3, -0.25) is 4.98 Å². The molecule has 2 aromatic carbocycles. The van der Waals surface area contributed by atoms with Crippen molar-refractivity contribution in [3.05, 3.63) is 149 Å². The highest BCUT2D eigenvalue weighted by molar-refractivity contribution is 6.30. The fourth-order valence-corrected chi connectivity index (χ4v) is 4.05. The second-order valence-electron chi connectivity index (χ2n) is 8.27. The molecular weight excluding hydrogens is 481 g/mol. The Morgan fingerprint density at radius 1 is 1.03 bits per heavy atom. The van der Waals surface area contributed by atoms with E-state index in [4.69, 9.17) is 11.6 Å². The van der Waals surface area contributed by atoms with Crippen LogP contribution in [-0.2, 0) is 18.1 Å². The van der Waals surface area contributed by atoms with Crippen LogP contribution in [0.25, 0.3) is 0 Å². The molecule has 3 rings (SSSR count). The van der Waals surface area contributed by atoms with Gasteiger partial charge in [-0.25, -0.2) is 0 Å². The highest BCUT2D eigenvalue weighted by Crippen LogP contribution is 2.38. The van der Waals surface area contributed by atoms with Gasteiger partial charge in [0.05, 0.1) is 16.3 Å². The number of nitrogens with zero attached hydrogens (tertiary/aromatic N) is 1. The molecule has 1 aromatic heterocycles. The molecule has 0 aliphatic heterocycles. The molecule has 0 aliphatic carbocycles. The second kappa shape index (κ2) is 11.9. The summed E-state index contributed by atoms with van der Waals surface area (Å²) in [5.74, 6) is 0. The van der Waals surface area contributed by atoms with Crippen LogP contribution >= 0.6 is 11.6 Å². The molecule has 0 bridgehead atoms. The van der Waals surface area contributed by atoms with Crippen LogP contribution in [0.15, 0.2) is 122 Å². The van der Waals surface area contributed by atoms with E-state index in [1.807, 2.05) is 55.5 Å². The van der Waals surface area contributed by atoms with Gasteiger partial charge in [-0.2, -0.15) is 13.2 Å². The Morgan fingerprint density at radius 2 is 1.75 bits per heavy atom. The third kappa shape index (κ3) is 6.55. The van der Waals surface area contributed by atoms with Gasteiger partial charge in [-0.15, -0.1) is 0 Å². The summed E-state index contributed by atoms with van der Waals surface area (Å²) >= 11 is 6.12. The predicted octanol–water partition coefficient (Wildman–Crippen LogP) is 8.42. The van der Waals surface area contributed by atoms with E-state index in [-0.39, 0.29) is 0 Å². The van der Waals surface area contributed by atoms with Crippen LogP contribution in [-0.4, -0.2) is 4.98 Å². The highest BCUT2D eigenvalue weighted by atomic mass is 35.5. The average molecular weight is 509 g/mol. The number of alkyl halides is 3. The van der Waals surface area contributed by atoms with Crippen molar-refractivity contribution in [2.24, 2.45) is 0 Å². The number of hydrogen-bond acceptors (Lipinski definition) is 2. The Labute approximate surface area is 215 Å². The number of nitrogens with one attached hydrogen (secondary N) is 1. The molecule has 1 atom stereocenters. The number of halogens is 4. The van der Waals surface area contributed by atoms with Crippen LogP contribution in [0, 0.1) is 0 Å². The zero-order valence-corrected chi connectivity index (χ0v) is 20.8. The van der Waals surface area contributed by atoms with Crippen LogP contribution in [0.4, 0.5) is 13.2 Å². The summed E-state index contributed by atoms with van der Waals surface area (Å²) in [6.45, 7) is 10.1. The van der Waals surface area contributed by atoms with Crippen molar-refractivity contribution in [3.8, 4) is 0 Å². The first kappa shape index (κ1) is 27.0. The smallest absolute Gasteiger partial charge is 0.370 e. The maximum absolute atomic E-state index is 13.8. The molecule has 0 fully saturated rings. The molecule has 186 valence electrons. The lowest BCUT2D eigenvalue weighted by Crippen LogP contribution is -2.46. The lowest BCUT2D eigenvalue weighted by molar-refractivity contribution is -0.137. The molecule has 36 heavy (non-hydrogen) atoms. The summed E-state index contributed by atoms with van der Waals surface area (Å²) in [5, 5.41) is 3.87. The van der Waals surface area contributed by atoms with Crippen molar-refractivity contribution < 1.29 is 13.2 Å². The first-order valence-electron chi connectivity index (χ1n) is 11.5. The summed E-state index contributed by atoms with van der Waals surface area (Å²) in [7, 11) is 0. The van der Waals surface area contributed by atoms with Crippen molar-refractivity contribution in [1.29, 1.82) is 0 Å². The first-order chi connectivity index (χ1) is 17.2. The number of benzene rings is 2. The van der Waals surface area contributed by atoms with E-state index in [1.165, 1.54) is 12.3 Å². The Kier molecular flexibility index (Phi) is 8.94. The standard InChI is InChI=1S/C30H28ClF3N2/c1-4-6-8-14-24(5-2)22(3)36-29(20-23-12-9-7-10-13-23,28-18-17-27(31)21-35-28)25-15-11-16-26(19-25)30(32,33)34/h5-19,21,36H,2-4,20H2,1H3/b8-6-,24-14+. The minimum Gasteiger partial charge on any atom is -0.370 e. The lowest BCUT2D eigenvalue weighted by atomic mass is 9.79. The number of pyridine rings is 1. The molecule has 1 heterocycles. The van der Waals surface area contributed by atoms with Crippen molar-refractivity contribution in [2.45, 2.75) is 31.5 Å². The first-order valence-corrected chi connectivity index (χ1v) is 11.9. The lowest BCUT2D eigenvalue weighted by Gasteiger charge is -2.37. The topological polar surface area (TPSA) is 24.9 Å². The zero-order chi connectivity index (χ0) is 26.2. The number of rotatable bonds is 10. The summed E-state index contributed by atoms with van der Waals surface area (Å²) < 4.78 is 41.3. The average Bonchev–Trinajstić information content (AvgIpc) is 2.87. The summed E-state index contributed by atoms with van der Waals surface area (Å²) in [4.78, 5) is 4.55. The molecule has 6 heteroatoms. The molecule has 0 aliphatic rings. The number of allylic oxidation sites excluding steroid dienone is 4. The fourth-order valence-electron chi connectivity index (χ4n) is 3.94.